The lowest BCUT2D eigenvalue weighted by molar-refractivity contribution is -0.137. The predicted molar refractivity (Wildman–Crippen MR) is 95.3 cm³/mol. The van der Waals surface area contributed by atoms with E-state index in [9.17, 15) is 14.4 Å². The number of hydrogen-bond acceptors (Lipinski definition) is 6. The van der Waals surface area contributed by atoms with Gasteiger partial charge in [-0.2, -0.15) is 0 Å². The summed E-state index contributed by atoms with van der Waals surface area (Å²) in [5.41, 5.74) is -0.589. The van der Waals surface area contributed by atoms with Crippen LogP contribution >= 0.6 is 0 Å². The molecule has 2 rings (SSSR count). The molecule has 1 fully saturated rings. The first-order valence-corrected chi connectivity index (χ1v) is 8.60. The number of amides is 1. The van der Waals surface area contributed by atoms with Crippen LogP contribution in [-0.2, 0) is 16.1 Å². The molecule has 26 heavy (non-hydrogen) atoms. The Hall–Kier alpha value is -2.58. The zero-order valence-electron chi connectivity index (χ0n) is 15.6. The smallest absolute Gasteiger partial charge is 0.410 e. The Kier molecular flexibility index (Phi) is 5.89. The topological polar surface area (TPSA) is 114 Å². The van der Waals surface area contributed by atoms with Gasteiger partial charge in [0.2, 0.25) is 0 Å². The van der Waals surface area contributed by atoms with Crippen LogP contribution in [0.15, 0.2) is 11.0 Å². The number of nitrogens with zero attached hydrogens (tertiary/aromatic N) is 3. The number of carbonyl (C=O) groups excluding carboxylic acids is 1. The highest BCUT2D eigenvalue weighted by Crippen LogP contribution is 2.21. The number of rotatable bonds is 5. The first-order chi connectivity index (χ1) is 12.1. The van der Waals surface area contributed by atoms with Crippen molar-refractivity contribution in [1.29, 1.82) is 0 Å². The van der Waals surface area contributed by atoms with Crippen LogP contribution in [0.5, 0.6) is 0 Å². The molecule has 0 radical (unpaired) electrons. The van der Waals surface area contributed by atoms with Crippen LogP contribution in [-0.4, -0.2) is 56.4 Å². The third-order valence-electron chi connectivity index (χ3n) is 4.06. The average molecular weight is 366 g/mol. The maximum absolute atomic E-state index is 12.4. The van der Waals surface area contributed by atoms with Crippen LogP contribution in [0.2, 0.25) is 0 Å². The van der Waals surface area contributed by atoms with Crippen molar-refractivity contribution >= 4 is 17.9 Å². The predicted octanol–water partition coefficient (Wildman–Crippen LogP) is 1.45. The second kappa shape index (κ2) is 7.76. The van der Waals surface area contributed by atoms with Gasteiger partial charge in [0.05, 0.1) is 6.04 Å². The van der Waals surface area contributed by atoms with E-state index in [0.29, 0.717) is 18.8 Å². The molecule has 1 aliphatic rings. The van der Waals surface area contributed by atoms with Crippen molar-refractivity contribution in [3.63, 3.8) is 0 Å². The molecule has 9 heteroatoms. The van der Waals surface area contributed by atoms with Gasteiger partial charge >= 0.3 is 12.1 Å². The van der Waals surface area contributed by atoms with E-state index in [1.54, 1.807) is 11.8 Å². The standard InChI is InChI=1S/C17H26N4O5/c1-11-8-18-14(15(24)21(11)10-13(22)23)19-9-12-6-5-7-20(12)16(25)26-17(2,3)4/h8,12H,5-7,9-10H2,1-4H3,(H,18,19)(H,22,23)/t12-/m0/s1. The third-order valence-corrected chi connectivity index (χ3v) is 4.06. The maximum Gasteiger partial charge on any atom is 0.410 e. The number of likely N-dealkylation sites (tertiary alicyclic amines) is 1. The summed E-state index contributed by atoms with van der Waals surface area (Å²) >= 11 is 0. The van der Waals surface area contributed by atoms with Crippen LogP contribution in [0.25, 0.3) is 0 Å². The fourth-order valence-electron chi connectivity index (χ4n) is 2.85. The van der Waals surface area contributed by atoms with E-state index in [-0.39, 0.29) is 18.0 Å². The maximum atomic E-state index is 12.4. The Labute approximate surface area is 152 Å². The van der Waals surface area contributed by atoms with Crippen LogP contribution in [0.4, 0.5) is 10.6 Å². The van der Waals surface area contributed by atoms with Gasteiger partial charge in [0, 0.05) is 25.0 Å². The summed E-state index contributed by atoms with van der Waals surface area (Å²) in [5, 5.41) is 11.9. The van der Waals surface area contributed by atoms with E-state index in [4.69, 9.17) is 9.84 Å². The Balaban J connectivity index is 2.07. The van der Waals surface area contributed by atoms with Gasteiger partial charge in [-0.15, -0.1) is 0 Å². The number of carboxylic acid groups (broad SMARTS) is 1. The van der Waals surface area contributed by atoms with Crippen molar-refractivity contribution < 1.29 is 19.4 Å². The van der Waals surface area contributed by atoms with Gasteiger partial charge in [-0.1, -0.05) is 0 Å². The number of aryl methyl sites for hydroxylation is 1. The van der Waals surface area contributed by atoms with Crippen LogP contribution < -0.4 is 10.9 Å². The van der Waals surface area contributed by atoms with Gasteiger partial charge in [0.1, 0.15) is 12.1 Å². The summed E-state index contributed by atoms with van der Waals surface area (Å²) in [5.74, 6) is -1.02. The van der Waals surface area contributed by atoms with Gasteiger partial charge < -0.3 is 20.1 Å². The zero-order chi connectivity index (χ0) is 19.5. The number of carbonyl (C=O) groups is 2. The second-order valence-electron chi connectivity index (χ2n) is 7.38. The van der Waals surface area contributed by atoms with E-state index in [1.165, 1.54) is 6.20 Å². The van der Waals surface area contributed by atoms with Gasteiger partial charge in [-0.05, 0) is 40.5 Å². The molecule has 2 heterocycles. The minimum Gasteiger partial charge on any atom is -0.480 e. The fourth-order valence-corrected chi connectivity index (χ4v) is 2.85. The van der Waals surface area contributed by atoms with Gasteiger partial charge in [-0.3, -0.25) is 14.2 Å². The molecule has 0 aliphatic carbocycles. The normalized spacial score (nSPS) is 17.2. The third kappa shape index (κ3) is 4.96. The Bertz CT molecular complexity index is 738. The molecule has 0 bridgehead atoms. The molecule has 0 saturated carbocycles. The number of aromatic nitrogens is 2. The molecule has 0 unspecified atom stereocenters. The van der Waals surface area contributed by atoms with Crippen LogP contribution in [0.3, 0.4) is 0 Å². The van der Waals surface area contributed by atoms with E-state index in [2.05, 4.69) is 10.3 Å². The largest absolute Gasteiger partial charge is 0.480 e. The van der Waals surface area contributed by atoms with Crippen molar-refractivity contribution in [3.05, 3.63) is 22.2 Å². The summed E-state index contributed by atoms with van der Waals surface area (Å²) < 4.78 is 6.57. The van der Waals surface area contributed by atoms with Crippen LogP contribution in [0, 0.1) is 6.92 Å². The monoisotopic (exact) mass is 366 g/mol. The number of carboxylic acids is 1. The first-order valence-electron chi connectivity index (χ1n) is 8.60. The van der Waals surface area contributed by atoms with Crippen molar-refractivity contribution in [1.82, 2.24) is 14.5 Å². The minimum absolute atomic E-state index is 0.0767. The lowest BCUT2D eigenvalue weighted by atomic mass is 10.2. The van der Waals surface area contributed by atoms with Gasteiger partial charge in [0.15, 0.2) is 5.82 Å². The summed E-state index contributed by atoms with van der Waals surface area (Å²) in [4.78, 5) is 41.3. The number of anilines is 1. The molecule has 1 aromatic heterocycles. The van der Waals surface area contributed by atoms with E-state index in [0.717, 1.165) is 17.4 Å². The molecule has 1 aromatic rings. The summed E-state index contributed by atoms with van der Waals surface area (Å²) in [6.45, 7) is 7.60. The number of ether oxygens (including phenoxy) is 1. The summed E-state index contributed by atoms with van der Waals surface area (Å²) in [6.07, 6.45) is 2.73. The Morgan fingerprint density at radius 1 is 1.42 bits per heavy atom. The fraction of sp³-hybridized carbons (Fsp3) is 0.647. The Morgan fingerprint density at radius 2 is 2.12 bits per heavy atom. The van der Waals surface area contributed by atoms with Crippen LogP contribution in [0.1, 0.15) is 39.3 Å². The number of aliphatic carboxylic acids is 1. The highest BCUT2D eigenvalue weighted by Gasteiger charge is 2.32. The molecular weight excluding hydrogens is 340 g/mol. The summed E-state index contributed by atoms with van der Waals surface area (Å²) in [6, 6.07) is -0.111. The average Bonchev–Trinajstić information content (AvgIpc) is 2.97. The Morgan fingerprint density at radius 3 is 2.73 bits per heavy atom. The molecule has 1 atom stereocenters. The highest BCUT2D eigenvalue weighted by atomic mass is 16.6. The SMILES string of the molecule is Cc1cnc(NC[C@@H]2CCCN2C(=O)OC(C)(C)C)c(=O)n1CC(=O)O. The molecule has 0 aromatic carbocycles. The second-order valence-corrected chi connectivity index (χ2v) is 7.38. The summed E-state index contributed by atoms with van der Waals surface area (Å²) in [7, 11) is 0. The highest BCUT2D eigenvalue weighted by molar-refractivity contribution is 5.69. The molecule has 2 N–H and O–H groups in total. The van der Waals surface area contributed by atoms with Gasteiger partial charge in [-0.25, -0.2) is 9.78 Å². The molecule has 9 nitrogen and oxygen atoms in total. The first kappa shape index (κ1) is 19.7. The molecular formula is C17H26N4O5. The number of nitrogens with one attached hydrogen (secondary N) is 1. The minimum atomic E-state index is -1.10. The van der Waals surface area contributed by atoms with Crippen molar-refractivity contribution in [2.45, 2.75) is 58.7 Å². The van der Waals surface area contributed by atoms with E-state index >= 15 is 0 Å². The van der Waals surface area contributed by atoms with Gasteiger partial charge in [0.25, 0.3) is 5.56 Å². The van der Waals surface area contributed by atoms with E-state index < -0.39 is 23.7 Å². The lowest BCUT2D eigenvalue weighted by Crippen LogP contribution is -2.43. The molecule has 1 saturated heterocycles. The molecule has 0 spiro atoms. The molecule has 1 aliphatic heterocycles. The quantitative estimate of drug-likeness (QED) is 0.810. The van der Waals surface area contributed by atoms with Crippen molar-refractivity contribution in [2.24, 2.45) is 0 Å². The lowest BCUT2D eigenvalue weighted by Gasteiger charge is -2.28. The van der Waals surface area contributed by atoms with Crippen molar-refractivity contribution in [2.75, 3.05) is 18.4 Å². The number of hydrogen-bond donors (Lipinski definition) is 2. The molecule has 144 valence electrons. The molecule has 1 amide bonds. The zero-order valence-corrected chi connectivity index (χ0v) is 15.6. The van der Waals surface area contributed by atoms with Crippen molar-refractivity contribution in [3.8, 4) is 0 Å². The van der Waals surface area contributed by atoms with E-state index in [1.807, 2.05) is 20.8 Å².